The molecule has 2 heterocycles. The first-order valence-corrected chi connectivity index (χ1v) is 6.62. The first-order valence-electron chi connectivity index (χ1n) is 6.62. The number of carbonyl (C=O) groups excluding carboxylic acids is 1. The van der Waals surface area contributed by atoms with Gasteiger partial charge in [-0.05, 0) is 5.56 Å². The molecule has 3 rings (SSSR count). The van der Waals surface area contributed by atoms with Gasteiger partial charge >= 0.3 is 6.09 Å². The number of nitrogens with one attached hydrogen (secondary N) is 1. The summed E-state index contributed by atoms with van der Waals surface area (Å²) in [5.74, 6) is 0. The Bertz CT molecular complexity index is 466. The van der Waals surface area contributed by atoms with Gasteiger partial charge in [0, 0.05) is 0 Å². The summed E-state index contributed by atoms with van der Waals surface area (Å²) in [5.41, 5.74) is 0.927. The molecule has 1 aromatic rings. The van der Waals surface area contributed by atoms with Crippen molar-refractivity contribution in [2.24, 2.45) is 0 Å². The molecule has 2 N–H and O–H groups in total. The maximum atomic E-state index is 11.7. The first-order chi connectivity index (χ1) is 9.74. The Morgan fingerprint density at radius 1 is 1.25 bits per heavy atom. The summed E-state index contributed by atoms with van der Waals surface area (Å²) in [6, 6.07) is 9.18. The highest BCUT2D eigenvalue weighted by Crippen LogP contribution is 2.26. The molecule has 2 saturated heterocycles. The van der Waals surface area contributed by atoms with Gasteiger partial charge in [0.2, 0.25) is 0 Å². The van der Waals surface area contributed by atoms with Gasteiger partial charge in [-0.15, -0.1) is 0 Å². The molecule has 0 unspecified atom stereocenters. The van der Waals surface area contributed by atoms with E-state index in [1.54, 1.807) is 0 Å². The summed E-state index contributed by atoms with van der Waals surface area (Å²) < 4.78 is 16.0. The summed E-state index contributed by atoms with van der Waals surface area (Å²) in [5, 5.41) is 12.3. The number of benzene rings is 1. The summed E-state index contributed by atoms with van der Waals surface area (Å²) in [7, 11) is 0. The number of rotatable bonds is 3. The number of aliphatic hydroxyl groups excluding tert-OH is 1. The van der Waals surface area contributed by atoms with Crippen molar-refractivity contribution in [2.45, 2.75) is 31.0 Å². The van der Waals surface area contributed by atoms with Crippen molar-refractivity contribution in [3.05, 3.63) is 35.9 Å². The van der Waals surface area contributed by atoms with Gasteiger partial charge in [0.1, 0.15) is 24.9 Å². The Labute approximate surface area is 116 Å². The molecule has 0 saturated carbocycles. The molecule has 0 radical (unpaired) electrons. The number of hydrogen-bond acceptors (Lipinski definition) is 5. The lowest BCUT2D eigenvalue weighted by atomic mass is 10.1. The minimum absolute atomic E-state index is 0.220. The van der Waals surface area contributed by atoms with Crippen LogP contribution < -0.4 is 5.32 Å². The first kappa shape index (κ1) is 13.4. The molecule has 1 aromatic carbocycles. The third-order valence-electron chi connectivity index (χ3n) is 3.54. The minimum atomic E-state index is -0.618. The van der Waals surface area contributed by atoms with Gasteiger partial charge in [-0.1, -0.05) is 30.3 Å². The van der Waals surface area contributed by atoms with Crippen molar-refractivity contribution in [3.8, 4) is 0 Å². The Balaban J connectivity index is 1.48. The van der Waals surface area contributed by atoms with Crippen LogP contribution in [0.4, 0.5) is 4.79 Å². The summed E-state index contributed by atoms with van der Waals surface area (Å²) in [4.78, 5) is 11.7. The average molecular weight is 279 g/mol. The van der Waals surface area contributed by atoms with Gasteiger partial charge in [-0.25, -0.2) is 4.79 Å². The van der Waals surface area contributed by atoms with Crippen LogP contribution in [-0.4, -0.2) is 48.8 Å². The standard InChI is InChI=1S/C14H17NO5/c16-11-8-19-12-10(7-18-13(11)12)15-14(17)20-6-9-4-2-1-3-5-9/h1-5,10-13,16H,6-8H2,(H,15,17)/t10-,11+,12+,13+/m0/s1. The molecule has 6 nitrogen and oxygen atoms in total. The molecule has 108 valence electrons. The molecule has 0 aromatic heterocycles. The monoisotopic (exact) mass is 279 g/mol. The van der Waals surface area contributed by atoms with E-state index in [2.05, 4.69) is 5.32 Å². The lowest BCUT2D eigenvalue weighted by Gasteiger charge is -2.17. The van der Waals surface area contributed by atoms with Crippen LogP contribution in [0.25, 0.3) is 0 Å². The van der Waals surface area contributed by atoms with Crippen LogP contribution in [0.3, 0.4) is 0 Å². The smallest absolute Gasteiger partial charge is 0.407 e. The third kappa shape index (κ3) is 2.77. The average Bonchev–Trinajstić information content (AvgIpc) is 3.02. The van der Waals surface area contributed by atoms with E-state index in [1.165, 1.54) is 0 Å². The number of amides is 1. The van der Waals surface area contributed by atoms with Crippen LogP contribution in [0.1, 0.15) is 5.56 Å². The van der Waals surface area contributed by atoms with Gasteiger partial charge in [-0.2, -0.15) is 0 Å². The molecule has 6 heteroatoms. The second-order valence-electron chi connectivity index (χ2n) is 4.98. The fourth-order valence-corrected chi connectivity index (χ4v) is 2.52. The predicted octanol–water partition coefficient (Wildman–Crippen LogP) is 0.440. The molecule has 20 heavy (non-hydrogen) atoms. The number of fused-ring (bicyclic) bond motifs is 1. The van der Waals surface area contributed by atoms with Crippen molar-refractivity contribution in [3.63, 3.8) is 0 Å². The highest BCUT2D eigenvalue weighted by Gasteiger charge is 2.47. The molecule has 0 bridgehead atoms. The van der Waals surface area contributed by atoms with E-state index in [1.807, 2.05) is 30.3 Å². The molecule has 2 aliphatic heterocycles. The number of carbonyl (C=O) groups is 1. The van der Waals surface area contributed by atoms with Crippen LogP contribution in [0.5, 0.6) is 0 Å². The van der Waals surface area contributed by atoms with Gasteiger partial charge in [0.05, 0.1) is 19.3 Å². The highest BCUT2D eigenvalue weighted by molar-refractivity contribution is 5.67. The summed E-state index contributed by atoms with van der Waals surface area (Å²) in [6.07, 6.45) is -1.77. The molecule has 0 aliphatic carbocycles. The van der Waals surface area contributed by atoms with Gasteiger partial charge in [-0.3, -0.25) is 0 Å². The van der Waals surface area contributed by atoms with E-state index in [0.717, 1.165) is 5.56 Å². The SMILES string of the molecule is O=C(N[C@H]1CO[C@H]2[C@@H]1OC[C@H]2O)OCc1ccccc1. The zero-order valence-electron chi connectivity index (χ0n) is 10.9. The second-order valence-corrected chi connectivity index (χ2v) is 4.98. The molecular weight excluding hydrogens is 262 g/mol. The Hall–Kier alpha value is -1.63. The van der Waals surface area contributed by atoms with E-state index in [-0.39, 0.29) is 31.5 Å². The fraction of sp³-hybridized carbons (Fsp3) is 0.500. The number of alkyl carbamates (subject to hydrolysis) is 1. The molecule has 1 amide bonds. The van der Waals surface area contributed by atoms with Gasteiger partial charge < -0.3 is 24.6 Å². The Kier molecular flexibility index (Phi) is 3.86. The predicted molar refractivity (Wildman–Crippen MR) is 69.0 cm³/mol. The van der Waals surface area contributed by atoms with Crippen molar-refractivity contribution < 1.29 is 24.1 Å². The maximum Gasteiger partial charge on any atom is 0.407 e. The number of aliphatic hydroxyl groups is 1. The van der Waals surface area contributed by atoms with Crippen LogP contribution in [0.2, 0.25) is 0 Å². The van der Waals surface area contributed by atoms with E-state index >= 15 is 0 Å². The van der Waals surface area contributed by atoms with E-state index in [9.17, 15) is 9.90 Å². The van der Waals surface area contributed by atoms with E-state index < -0.39 is 12.2 Å². The summed E-state index contributed by atoms with van der Waals surface area (Å²) >= 11 is 0. The van der Waals surface area contributed by atoms with Crippen molar-refractivity contribution >= 4 is 6.09 Å². The van der Waals surface area contributed by atoms with Gasteiger partial charge in [0.15, 0.2) is 0 Å². The molecular formula is C14H17NO5. The third-order valence-corrected chi connectivity index (χ3v) is 3.54. The Morgan fingerprint density at radius 3 is 2.80 bits per heavy atom. The van der Waals surface area contributed by atoms with Crippen molar-refractivity contribution in [1.82, 2.24) is 5.32 Å². The Morgan fingerprint density at radius 2 is 2.00 bits per heavy atom. The van der Waals surface area contributed by atoms with E-state index in [4.69, 9.17) is 14.2 Å². The zero-order valence-corrected chi connectivity index (χ0v) is 10.9. The molecule has 2 fully saturated rings. The minimum Gasteiger partial charge on any atom is -0.445 e. The maximum absolute atomic E-state index is 11.7. The summed E-state index contributed by atoms with van der Waals surface area (Å²) in [6.45, 7) is 0.789. The zero-order chi connectivity index (χ0) is 13.9. The second kappa shape index (κ2) is 5.78. The lowest BCUT2D eigenvalue weighted by Crippen LogP contribution is -2.44. The normalized spacial score (nSPS) is 31.9. The topological polar surface area (TPSA) is 77.0 Å². The molecule has 0 spiro atoms. The molecule has 4 atom stereocenters. The molecule has 2 aliphatic rings. The van der Waals surface area contributed by atoms with Crippen molar-refractivity contribution in [1.29, 1.82) is 0 Å². The largest absolute Gasteiger partial charge is 0.445 e. The van der Waals surface area contributed by atoms with Crippen LogP contribution in [-0.2, 0) is 20.8 Å². The lowest BCUT2D eigenvalue weighted by molar-refractivity contribution is 0.0177. The van der Waals surface area contributed by atoms with E-state index in [0.29, 0.717) is 6.61 Å². The number of hydrogen-bond donors (Lipinski definition) is 2. The van der Waals surface area contributed by atoms with Crippen LogP contribution in [0, 0.1) is 0 Å². The highest BCUT2D eigenvalue weighted by atomic mass is 16.6. The van der Waals surface area contributed by atoms with Crippen LogP contribution >= 0.6 is 0 Å². The number of ether oxygens (including phenoxy) is 3. The van der Waals surface area contributed by atoms with Crippen LogP contribution in [0.15, 0.2) is 30.3 Å². The van der Waals surface area contributed by atoms with Gasteiger partial charge in [0.25, 0.3) is 0 Å². The quantitative estimate of drug-likeness (QED) is 0.839. The fourth-order valence-electron chi connectivity index (χ4n) is 2.52. The van der Waals surface area contributed by atoms with Crippen molar-refractivity contribution in [2.75, 3.05) is 13.2 Å².